The average Bonchev–Trinajstić information content (AvgIpc) is 2.85. The number of benzene rings is 1. The first-order valence-corrected chi connectivity index (χ1v) is 8.27. The maximum Gasteiger partial charge on any atom is 0.148 e. The molecule has 23 heavy (non-hydrogen) atoms. The summed E-state index contributed by atoms with van der Waals surface area (Å²) in [4.78, 5) is 9.07. The molecule has 0 bridgehead atoms. The predicted octanol–water partition coefficient (Wildman–Crippen LogP) is 5.20. The number of hydrogen-bond acceptors (Lipinski definition) is 3. The lowest BCUT2D eigenvalue weighted by Crippen LogP contribution is -1.95. The van der Waals surface area contributed by atoms with Gasteiger partial charge in [-0.1, -0.05) is 29.3 Å². The Morgan fingerprint density at radius 1 is 1.13 bits per heavy atom. The fourth-order valence-corrected chi connectivity index (χ4v) is 3.51. The monoisotopic (exact) mass is 406 g/mol. The van der Waals surface area contributed by atoms with E-state index in [1.807, 2.05) is 22.7 Å². The number of imidazole rings is 1. The lowest BCUT2D eigenvalue weighted by molar-refractivity contribution is 1.20. The molecule has 0 amide bonds. The second-order valence-corrected chi connectivity index (χ2v) is 6.77. The van der Waals surface area contributed by atoms with Crippen LogP contribution in [0.5, 0.6) is 0 Å². The van der Waals surface area contributed by atoms with Crippen LogP contribution in [0.4, 0.5) is 5.82 Å². The molecular formula is C16H9BrCl2N4. The standard InChI is InChI=1S/C16H9BrCl2N4/c17-8-6-9-12(21-7-8)4-5-23-15(20)14(22-16(9)23)13-10(18)2-1-3-11(13)19/h1-7H,20H2. The number of nitrogen functional groups attached to an aromatic ring is 1. The molecule has 0 saturated carbocycles. The van der Waals surface area contributed by atoms with Crippen LogP contribution in [0.15, 0.2) is 47.2 Å². The van der Waals surface area contributed by atoms with Crippen LogP contribution in [0.25, 0.3) is 27.8 Å². The van der Waals surface area contributed by atoms with Crippen LogP contribution in [0.2, 0.25) is 10.0 Å². The first-order chi connectivity index (χ1) is 11.1. The van der Waals surface area contributed by atoms with Gasteiger partial charge in [0.15, 0.2) is 0 Å². The lowest BCUT2D eigenvalue weighted by atomic mass is 10.1. The van der Waals surface area contributed by atoms with Crippen molar-refractivity contribution in [3.05, 3.63) is 57.2 Å². The van der Waals surface area contributed by atoms with Crippen molar-refractivity contribution in [2.45, 2.75) is 0 Å². The van der Waals surface area contributed by atoms with E-state index in [4.69, 9.17) is 28.9 Å². The van der Waals surface area contributed by atoms with Crippen molar-refractivity contribution in [1.29, 1.82) is 0 Å². The van der Waals surface area contributed by atoms with Gasteiger partial charge in [-0.15, -0.1) is 0 Å². The minimum absolute atomic E-state index is 0.483. The molecule has 0 aliphatic rings. The molecule has 0 radical (unpaired) electrons. The van der Waals surface area contributed by atoms with Crippen molar-refractivity contribution in [2.24, 2.45) is 0 Å². The van der Waals surface area contributed by atoms with E-state index in [1.165, 1.54) is 0 Å². The molecule has 0 unspecified atom stereocenters. The number of aromatic nitrogens is 3. The molecule has 3 heterocycles. The van der Waals surface area contributed by atoms with Gasteiger partial charge in [0.25, 0.3) is 0 Å². The lowest BCUT2D eigenvalue weighted by Gasteiger charge is -2.04. The third kappa shape index (κ3) is 2.27. The van der Waals surface area contributed by atoms with Crippen molar-refractivity contribution in [2.75, 3.05) is 5.73 Å². The summed E-state index contributed by atoms with van der Waals surface area (Å²) in [6.45, 7) is 0. The number of halogens is 3. The molecule has 0 saturated heterocycles. The Morgan fingerprint density at radius 3 is 2.61 bits per heavy atom. The highest BCUT2D eigenvalue weighted by molar-refractivity contribution is 9.10. The van der Waals surface area contributed by atoms with Gasteiger partial charge in [0.1, 0.15) is 17.2 Å². The normalized spacial score (nSPS) is 11.4. The van der Waals surface area contributed by atoms with Gasteiger partial charge in [-0.2, -0.15) is 0 Å². The van der Waals surface area contributed by atoms with Crippen LogP contribution in [-0.2, 0) is 0 Å². The largest absolute Gasteiger partial charge is 0.383 e. The predicted molar refractivity (Wildman–Crippen MR) is 98.1 cm³/mol. The smallest absolute Gasteiger partial charge is 0.148 e. The van der Waals surface area contributed by atoms with Crippen LogP contribution < -0.4 is 5.73 Å². The van der Waals surface area contributed by atoms with Crippen LogP contribution in [0, 0.1) is 0 Å². The minimum atomic E-state index is 0.483. The number of fused-ring (bicyclic) bond motifs is 3. The SMILES string of the molecule is Nc1c(-c2c(Cl)cccc2Cl)nc2c3cc(Br)cnc3ccn12. The first-order valence-electron chi connectivity index (χ1n) is 6.72. The van der Waals surface area contributed by atoms with Gasteiger partial charge in [-0.25, -0.2) is 4.98 Å². The maximum absolute atomic E-state index is 6.30. The highest BCUT2D eigenvalue weighted by Crippen LogP contribution is 2.38. The van der Waals surface area contributed by atoms with Gasteiger partial charge < -0.3 is 5.73 Å². The van der Waals surface area contributed by atoms with Crippen LogP contribution in [0.3, 0.4) is 0 Å². The first kappa shape index (κ1) is 14.8. The molecule has 0 aliphatic carbocycles. The zero-order valence-electron chi connectivity index (χ0n) is 11.6. The van der Waals surface area contributed by atoms with Gasteiger partial charge in [-0.3, -0.25) is 9.38 Å². The maximum atomic E-state index is 6.30. The number of anilines is 1. The molecule has 0 spiro atoms. The van der Waals surface area contributed by atoms with E-state index in [-0.39, 0.29) is 0 Å². The van der Waals surface area contributed by atoms with E-state index in [0.29, 0.717) is 32.8 Å². The number of pyridine rings is 2. The van der Waals surface area contributed by atoms with Crippen molar-refractivity contribution in [3.8, 4) is 11.3 Å². The van der Waals surface area contributed by atoms with E-state index in [0.717, 1.165) is 15.4 Å². The molecule has 4 aromatic rings. The molecule has 1 aromatic carbocycles. The average molecular weight is 408 g/mol. The van der Waals surface area contributed by atoms with Gasteiger partial charge >= 0.3 is 0 Å². The summed E-state index contributed by atoms with van der Waals surface area (Å²) in [7, 11) is 0. The summed E-state index contributed by atoms with van der Waals surface area (Å²) in [5.74, 6) is 0.483. The summed E-state index contributed by atoms with van der Waals surface area (Å²) < 4.78 is 2.68. The van der Waals surface area contributed by atoms with Crippen molar-refractivity contribution >= 4 is 61.5 Å². The van der Waals surface area contributed by atoms with Crippen LogP contribution >= 0.6 is 39.1 Å². The Morgan fingerprint density at radius 2 is 1.87 bits per heavy atom. The Hall–Kier alpha value is -1.82. The Bertz CT molecular complexity index is 1050. The van der Waals surface area contributed by atoms with Gasteiger partial charge in [0.2, 0.25) is 0 Å². The Kier molecular flexibility index (Phi) is 3.44. The summed E-state index contributed by atoms with van der Waals surface area (Å²) in [6.07, 6.45) is 3.59. The van der Waals surface area contributed by atoms with E-state index < -0.39 is 0 Å². The quantitative estimate of drug-likeness (QED) is 0.471. The molecule has 4 rings (SSSR count). The summed E-state index contributed by atoms with van der Waals surface area (Å²) in [5.41, 5.74) is 9.03. The number of hydrogen-bond donors (Lipinski definition) is 1. The molecule has 3 aromatic heterocycles. The fraction of sp³-hybridized carbons (Fsp3) is 0. The second-order valence-electron chi connectivity index (χ2n) is 5.04. The van der Waals surface area contributed by atoms with Crippen LogP contribution in [-0.4, -0.2) is 14.4 Å². The van der Waals surface area contributed by atoms with E-state index in [1.54, 1.807) is 24.4 Å². The van der Waals surface area contributed by atoms with E-state index >= 15 is 0 Å². The third-order valence-electron chi connectivity index (χ3n) is 3.66. The molecule has 114 valence electrons. The molecule has 0 aliphatic heterocycles. The topological polar surface area (TPSA) is 56.2 Å². The highest BCUT2D eigenvalue weighted by atomic mass is 79.9. The molecular weight excluding hydrogens is 399 g/mol. The summed E-state index contributed by atoms with van der Waals surface area (Å²) >= 11 is 16.0. The Labute approximate surface area is 150 Å². The fourth-order valence-electron chi connectivity index (χ4n) is 2.60. The number of rotatable bonds is 1. The van der Waals surface area contributed by atoms with Gasteiger partial charge in [-0.05, 0) is 40.2 Å². The molecule has 0 atom stereocenters. The Balaban J connectivity index is 2.12. The number of nitrogens with two attached hydrogens (primary N) is 1. The highest BCUT2D eigenvalue weighted by Gasteiger charge is 2.18. The third-order valence-corrected chi connectivity index (χ3v) is 4.72. The van der Waals surface area contributed by atoms with E-state index in [9.17, 15) is 0 Å². The van der Waals surface area contributed by atoms with Gasteiger partial charge in [0, 0.05) is 27.8 Å². The van der Waals surface area contributed by atoms with Crippen molar-refractivity contribution < 1.29 is 0 Å². The molecule has 4 nitrogen and oxygen atoms in total. The van der Waals surface area contributed by atoms with Crippen molar-refractivity contribution in [1.82, 2.24) is 14.4 Å². The van der Waals surface area contributed by atoms with Gasteiger partial charge in [0.05, 0.1) is 15.6 Å². The summed E-state index contributed by atoms with van der Waals surface area (Å²) in [6, 6.07) is 9.18. The second kappa shape index (κ2) is 5.37. The zero-order valence-corrected chi connectivity index (χ0v) is 14.7. The van der Waals surface area contributed by atoms with Crippen molar-refractivity contribution in [3.63, 3.8) is 0 Å². The number of nitrogens with zero attached hydrogens (tertiary/aromatic N) is 3. The molecule has 7 heteroatoms. The molecule has 2 N–H and O–H groups in total. The molecule has 0 fully saturated rings. The summed E-state index contributed by atoms with van der Waals surface area (Å²) in [5, 5.41) is 1.91. The van der Waals surface area contributed by atoms with Crippen LogP contribution in [0.1, 0.15) is 0 Å². The minimum Gasteiger partial charge on any atom is -0.383 e. The zero-order chi connectivity index (χ0) is 16.1. The van der Waals surface area contributed by atoms with E-state index in [2.05, 4.69) is 25.9 Å².